The van der Waals surface area contributed by atoms with Crippen molar-refractivity contribution in [3.63, 3.8) is 0 Å². The molecule has 1 saturated heterocycles. The Morgan fingerprint density at radius 2 is 1.84 bits per heavy atom. The topological polar surface area (TPSA) is 116 Å². The second-order valence-corrected chi connectivity index (χ2v) is 9.23. The molecule has 4 rings (SSSR count). The zero-order chi connectivity index (χ0) is 22.7. The molecule has 32 heavy (non-hydrogen) atoms. The van der Waals surface area contributed by atoms with Crippen LogP contribution in [0.15, 0.2) is 34.9 Å². The second kappa shape index (κ2) is 9.83. The standard InChI is InChI=1S/C22H28BrN7O2/c1-29-9-11-30(12-10-29)21(32)14-5-7-15(8-6-14)26-22-25-13-17(23)20(28-22)27-18-4-2-3-16(18)19(24)31/h5-8,13,16,18H,2-4,9-12H2,1H3,(H2,24,31)(H2,25,26,27,28)/t16-,18+/m0/s1. The lowest BCUT2D eigenvalue weighted by atomic mass is 10.0. The molecule has 0 radical (unpaired) electrons. The number of carbonyl (C=O) groups is 2. The van der Waals surface area contributed by atoms with Crippen LogP contribution < -0.4 is 16.4 Å². The molecule has 4 N–H and O–H groups in total. The van der Waals surface area contributed by atoms with Gasteiger partial charge in [0.15, 0.2) is 0 Å². The SMILES string of the molecule is CN1CCN(C(=O)c2ccc(Nc3ncc(Br)c(N[C@@H]4CCC[C@@H]4C(N)=O)n3)cc2)CC1. The Balaban J connectivity index is 1.41. The van der Waals surface area contributed by atoms with E-state index in [9.17, 15) is 9.59 Å². The number of hydrogen-bond acceptors (Lipinski definition) is 7. The monoisotopic (exact) mass is 501 g/mol. The van der Waals surface area contributed by atoms with Gasteiger partial charge in [0.05, 0.1) is 10.4 Å². The predicted molar refractivity (Wildman–Crippen MR) is 127 cm³/mol. The molecule has 2 heterocycles. The first-order valence-corrected chi connectivity index (χ1v) is 11.6. The lowest BCUT2D eigenvalue weighted by Crippen LogP contribution is -2.47. The number of carbonyl (C=O) groups excluding carboxylic acids is 2. The number of amides is 2. The van der Waals surface area contributed by atoms with E-state index >= 15 is 0 Å². The van der Waals surface area contributed by atoms with E-state index in [1.165, 1.54) is 0 Å². The van der Waals surface area contributed by atoms with E-state index in [1.807, 2.05) is 29.2 Å². The van der Waals surface area contributed by atoms with Gasteiger partial charge in [0.2, 0.25) is 11.9 Å². The molecule has 1 aromatic heterocycles. The predicted octanol–water partition coefficient (Wildman–Crippen LogP) is 2.44. The van der Waals surface area contributed by atoms with Crippen molar-refractivity contribution in [3.8, 4) is 0 Å². The van der Waals surface area contributed by atoms with Crippen LogP contribution in [-0.2, 0) is 4.79 Å². The number of anilines is 3. The highest BCUT2D eigenvalue weighted by Gasteiger charge is 2.32. The molecular formula is C22H28BrN7O2. The molecular weight excluding hydrogens is 474 g/mol. The van der Waals surface area contributed by atoms with Gasteiger partial charge < -0.3 is 26.2 Å². The van der Waals surface area contributed by atoms with Crippen LogP contribution in [-0.4, -0.2) is 70.9 Å². The first-order chi connectivity index (χ1) is 15.4. The Kier molecular flexibility index (Phi) is 6.90. The quantitative estimate of drug-likeness (QED) is 0.556. The Morgan fingerprint density at radius 3 is 2.53 bits per heavy atom. The van der Waals surface area contributed by atoms with E-state index in [0.717, 1.165) is 51.1 Å². The summed E-state index contributed by atoms with van der Waals surface area (Å²) >= 11 is 3.47. The molecule has 2 fully saturated rings. The Hall–Kier alpha value is -2.72. The zero-order valence-electron chi connectivity index (χ0n) is 18.1. The number of nitrogens with one attached hydrogen (secondary N) is 2. The van der Waals surface area contributed by atoms with Gasteiger partial charge in [-0.15, -0.1) is 0 Å². The van der Waals surface area contributed by atoms with Crippen LogP contribution in [0.4, 0.5) is 17.5 Å². The van der Waals surface area contributed by atoms with Crippen LogP contribution in [0, 0.1) is 5.92 Å². The van der Waals surface area contributed by atoms with E-state index in [1.54, 1.807) is 6.20 Å². The van der Waals surface area contributed by atoms with E-state index in [-0.39, 0.29) is 23.8 Å². The number of nitrogens with zero attached hydrogens (tertiary/aromatic N) is 4. The highest BCUT2D eigenvalue weighted by molar-refractivity contribution is 9.10. The molecule has 9 nitrogen and oxygen atoms in total. The maximum atomic E-state index is 12.7. The summed E-state index contributed by atoms with van der Waals surface area (Å²) in [6.45, 7) is 3.28. The lowest BCUT2D eigenvalue weighted by molar-refractivity contribution is -0.121. The van der Waals surface area contributed by atoms with Crippen molar-refractivity contribution in [1.82, 2.24) is 19.8 Å². The fourth-order valence-corrected chi connectivity index (χ4v) is 4.50. The summed E-state index contributed by atoms with van der Waals surface area (Å²) in [5.41, 5.74) is 6.98. The van der Waals surface area contributed by atoms with E-state index in [0.29, 0.717) is 21.8 Å². The minimum Gasteiger partial charge on any atom is -0.369 e. The van der Waals surface area contributed by atoms with Gasteiger partial charge in [0, 0.05) is 49.7 Å². The third-order valence-electron chi connectivity index (χ3n) is 6.13. The van der Waals surface area contributed by atoms with Crippen LogP contribution in [0.3, 0.4) is 0 Å². The molecule has 0 spiro atoms. The van der Waals surface area contributed by atoms with Crippen molar-refractivity contribution in [1.29, 1.82) is 0 Å². The van der Waals surface area contributed by atoms with Crippen LogP contribution in [0.5, 0.6) is 0 Å². The van der Waals surface area contributed by atoms with Gasteiger partial charge in [-0.25, -0.2) is 4.98 Å². The van der Waals surface area contributed by atoms with Crippen molar-refractivity contribution in [2.24, 2.45) is 11.7 Å². The van der Waals surface area contributed by atoms with Crippen molar-refractivity contribution in [2.75, 3.05) is 43.9 Å². The van der Waals surface area contributed by atoms with E-state index in [4.69, 9.17) is 5.73 Å². The molecule has 1 aliphatic heterocycles. The Bertz CT molecular complexity index is 977. The van der Waals surface area contributed by atoms with Gasteiger partial charge in [-0.3, -0.25) is 9.59 Å². The Morgan fingerprint density at radius 1 is 1.12 bits per heavy atom. The average molecular weight is 502 g/mol. The first kappa shape index (κ1) is 22.5. The fraction of sp³-hybridized carbons (Fsp3) is 0.455. The molecule has 0 bridgehead atoms. The van der Waals surface area contributed by atoms with Crippen molar-refractivity contribution in [3.05, 3.63) is 40.5 Å². The average Bonchev–Trinajstić information content (AvgIpc) is 3.25. The van der Waals surface area contributed by atoms with Crippen molar-refractivity contribution < 1.29 is 9.59 Å². The number of halogens is 1. The van der Waals surface area contributed by atoms with Gasteiger partial charge in [0.1, 0.15) is 5.82 Å². The summed E-state index contributed by atoms with van der Waals surface area (Å²) in [5, 5.41) is 6.51. The minimum absolute atomic E-state index is 0.0357. The number of aromatic nitrogens is 2. The van der Waals surface area contributed by atoms with Crippen molar-refractivity contribution >= 4 is 45.2 Å². The summed E-state index contributed by atoms with van der Waals surface area (Å²) in [4.78, 5) is 37.4. The number of hydrogen-bond donors (Lipinski definition) is 3. The third kappa shape index (κ3) is 5.18. The van der Waals surface area contributed by atoms with Crippen LogP contribution >= 0.6 is 15.9 Å². The van der Waals surface area contributed by atoms with Gasteiger partial charge in [-0.1, -0.05) is 6.42 Å². The largest absolute Gasteiger partial charge is 0.369 e. The van der Waals surface area contributed by atoms with Crippen LogP contribution in [0.25, 0.3) is 0 Å². The highest BCUT2D eigenvalue weighted by atomic mass is 79.9. The number of nitrogens with two attached hydrogens (primary N) is 1. The summed E-state index contributed by atoms with van der Waals surface area (Å²) in [6.07, 6.45) is 4.28. The molecule has 1 aromatic carbocycles. The van der Waals surface area contributed by atoms with E-state index in [2.05, 4.69) is 48.5 Å². The van der Waals surface area contributed by atoms with Gasteiger partial charge in [-0.2, -0.15) is 4.98 Å². The molecule has 2 amide bonds. The molecule has 2 atom stereocenters. The van der Waals surface area contributed by atoms with Gasteiger partial charge in [-0.05, 0) is 60.1 Å². The van der Waals surface area contributed by atoms with Gasteiger partial charge in [0.25, 0.3) is 5.91 Å². The van der Waals surface area contributed by atoms with Crippen LogP contribution in [0.2, 0.25) is 0 Å². The maximum absolute atomic E-state index is 12.7. The van der Waals surface area contributed by atoms with Crippen LogP contribution in [0.1, 0.15) is 29.6 Å². The smallest absolute Gasteiger partial charge is 0.253 e. The molecule has 2 aromatic rings. The number of likely N-dealkylation sites (N-methyl/N-ethyl adjacent to an activating group) is 1. The molecule has 0 unspecified atom stereocenters. The number of primary amides is 1. The molecule has 1 aliphatic carbocycles. The third-order valence-corrected chi connectivity index (χ3v) is 6.71. The molecule has 170 valence electrons. The summed E-state index contributed by atoms with van der Waals surface area (Å²) in [6, 6.07) is 7.30. The first-order valence-electron chi connectivity index (χ1n) is 10.8. The normalized spacial score (nSPS) is 21.4. The van der Waals surface area contributed by atoms with E-state index < -0.39 is 0 Å². The van der Waals surface area contributed by atoms with Crippen molar-refractivity contribution in [2.45, 2.75) is 25.3 Å². The highest BCUT2D eigenvalue weighted by Crippen LogP contribution is 2.30. The molecule has 1 saturated carbocycles. The lowest BCUT2D eigenvalue weighted by Gasteiger charge is -2.32. The summed E-state index contributed by atoms with van der Waals surface area (Å²) in [5.74, 6) is 0.606. The second-order valence-electron chi connectivity index (χ2n) is 8.38. The minimum atomic E-state index is -0.283. The number of rotatable bonds is 6. The Labute approximate surface area is 195 Å². The maximum Gasteiger partial charge on any atom is 0.253 e. The number of piperazine rings is 1. The summed E-state index contributed by atoms with van der Waals surface area (Å²) < 4.78 is 0.714. The van der Waals surface area contributed by atoms with Gasteiger partial charge >= 0.3 is 0 Å². The molecule has 2 aliphatic rings. The molecule has 10 heteroatoms. The number of benzene rings is 1. The summed E-state index contributed by atoms with van der Waals surface area (Å²) in [7, 11) is 2.07. The fourth-order valence-electron chi connectivity index (χ4n) is 4.19. The zero-order valence-corrected chi connectivity index (χ0v) is 19.6.